The Labute approximate surface area is 146 Å². The molecule has 0 saturated heterocycles. The average Bonchev–Trinajstić information content (AvgIpc) is 2.96. The highest BCUT2D eigenvalue weighted by Crippen LogP contribution is 2.31. The Kier molecular flexibility index (Phi) is 4.14. The number of aromatic nitrogens is 2. The Bertz CT molecular complexity index is 902. The largest absolute Gasteiger partial charge is 0.450 e. The van der Waals surface area contributed by atoms with Crippen LogP contribution < -0.4 is 0 Å². The summed E-state index contributed by atoms with van der Waals surface area (Å²) in [6.45, 7) is 4.28. The standard InChI is InChI=1S/C20H21N3O2/c1-2-25-20(24)22-12-10-19-17(14-22)16-8-3-4-9-18(16)23(19)13-15-7-5-6-11-21-15/h3-9,11H,2,10,12-14H2,1H3. The van der Waals surface area contributed by atoms with Crippen molar-refractivity contribution in [3.05, 3.63) is 65.6 Å². The van der Waals surface area contributed by atoms with Crippen LogP contribution in [-0.2, 0) is 24.2 Å². The fraction of sp³-hybridized carbons (Fsp3) is 0.300. The molecule has 0 spiro atoms. The molecule has 25 heavy (non-hydrogen) atoms. The van der Waals surface area contributed by atoms with Crippen LogP contribution in [0.4, 0.5) is 4.79 Å². The summed E-state index contributed by atoms with van der Waals surface area (Å²) in [7, 11) is 0. The third-order valence-corrected chi connectivity index (χ3v) is 4.73. The average molecular weight is 335 g/mol. The topological polar surface area (TPSA) is 47.4 Å². The van der Waals surface area contributed by atoms with Crippen LogP contribution in [-0.4, -0.2) is 33.7 Å². The molecule has 2 aromatic heterocycles. The summed E-state index contributed by atoms with van der Waals surface area (Å²) in [5.74, 6) is 0. The molecular formula is C20H21N3O2. The van der Waals surface area contributed by atoms with Crippen molar-refractivity contribution in [2.75, 3.05) is 13.2 Å². The molecule has 5 nitrogen and oxygen atoms in total. The Morgan fingerprint density at radius 2 is 2.04 bits per heavy atom. The van der Waals surface area contributed by atoms with Crippen molar-refractivity contribution in [1.29, 1.82) is 0 Å². The number of para-hydroxylation sites is 1. The first-order chi connectivity index (χ1) is 12.3. The molecule has 0 unspecified atom stereocenters. The number of carbonyl (C=O) groups excluding carboxylic acids is 1. The minimum atomic E-state index is -0.227. The zero-order chi connectivity index (χ0) is 17.2. The SMILES string of the molecule is CCOC(=O)N1CCc2c(c3ccccc3n2Cc2ccccn2)C1. The normalized spacial score (nSPS) is 13.7. The number of hydrogen-bond donors (Lipinski definition) is 0. The van der Waals surface area contributed by atoms with Gasteiger partial charge in [-0.3, -0.25) is 4.98 Å². The van der Waals surface area contributed by atoms with Gasteiger partial charge in [0, 0.05) is 41.3 Å². The number of rotatable bonds is 3. The van der Waals surface area contributed by atoms with Crippen molar-refractivity contribution >= 4 is 17.0 Å². The van der Waals surface area contributed by atoms with Gasteiger partial charge in [-0.25, -0.2) is 4.79 Å². The summed E-state index contributed by atoms with van der Waals surface area (Å²) < 4.78 is 7.52. The summed E-state index contributed by atoms with van der Waals surface area (Å²) in [6, 6.07) is 14.4. The molecule has 0 fully saturated rings. The highest BCUT2D eigenvalue weighted by atomic mass is 16.6. The van der Waals surface area contributed by atoms with Crippen LogP contribution in [0.15, 0.2) is 48.7 Å². The molecule has 1 amide bonds. The lowest BCUT2D eigenvalue weighted by atomic mass is 10.0. The second-order valence-corrected chi connectivity index (χ2v) is 6.22. The maximum absolute atomic E-state index is 12.1. The Hall–Kier alpha value is -2.82. The van der Waals surface area contributed by atoms with E-state index >= 15 is 0 Å². The quantitative estimate of drug-likeness (QED) is 0.735. The molecule has 0 atom stereocenters. The van der Waals surface area contributed by atoms with E-state index in [2.05, 4.69) is 39.9 Å². The fourth-order valence-corrected chi connectivity index (χ4v) is 3.61. The molecule has 0 radical (unpaired) electrons. The molecule has 0 saturated carbocycles. The van der Waals surface area contributed by atoms with E-state index in [0.29, 0.717) is 19.7 Å². The number of benzene rings is 1. The summed E-state index contributed by atoms with van der Waals surface area (Å²) in [4.78, 5) is 18.4. The van der Waals surface area contributed by atoms with Crippen molar-refractivity contribution in [1.82, 2.24) is 14.5 Å². The molecule has 0 bridgehead atoms. The molecule has 4 rings (SSSR count). The molecule has 5 heteroatoms. The van der Waals surface area contributed by atoms with Crippen LogP contribution in [0.1, 0.15) is 23.9 Å². The lowest BCUT2D eigenvalue weighted by molar-refractivity contribution is 0.102. The van der Waals surface area contributed by atoms with Crippen LogP contribution in [0.5, 0.6) is 0 Å². The molecule has 3 aromatic rings. The number of nitrogens with zero attached hydrogens (tertiary/aromatic N) is 3. The van der Waals surface area contributed by atoms with Gasteiger partial charge in [-0.2, -0.15) is 0 Å². The molecule has 0 aliphatic carbocycles. The minimum Gasteiger partial charge on any atom is -0.450 e. The van der Waals surface area contributed by atoms with Gasteiger partial charge in [-0.05, 0) is 25.1 Å². The van der Waals surface area contributed by atoms with E-state index in [9.17, 15) is 4.79 Å². The van der Waals surface area contributed by atoms with Crippen molar-refractivity contribution < 1.29 is 9.53 Å². The summed E-state index contributed by atoms with van der Waals surface area (Å²) >= 11 is 0. The van der Waals surface area contributed by atoms with E-state index in [0.717, 1.165) is 18.7 Å². The summed E-state index contributed by atoms with van der Waals surface area (Å²) in [6.07, 6.45) is 2.43. The Morgan fingerprint density at radius 3 is 2.84 bits per heavy atom. The maximum Gasteiger partial charge on any atom is 0.410 e. The third-order valence-electron chi connectivity index (χ3n) is 4.73. The van der Waals surface area contributed by atoms with Gasteiger partial charge >= 0.3 is 6.09 Å². The third kappa shape index (κ3) is 2.86. The first-order valence-electron chi connectivity index (χ1n) is 8.68. The highest BCUT2D eigenvalue weighted by molar-refractivity contribution is 5.86. The number of amides is 1. The van der Waals surface area contributed by atoms with Gasteiger partial charge in [0.15, 0.2) is 0 Å². The number of carbonyl (C=O) groups is 1. The van der Waals surface area contributed by atoms with Gasteiger partial charge in [0.05, 0.1) is 25.4 Å². The van der Waals surface area contributed by atoms with Gasteiger partial charge in [0.1, 0.15) is 0 Å². The van der Waals surface area contributed by atoms with Crippen LogP contribution in [0.3, 0.4) is 0 Å². The molecule has 1 aliphatic heterocycles. The maximum atomic E-state index is 12.1. The van der Waals surface area contributed by atoms with Crippen LogP contribution >= 0.6 is 0 Å². The fourth-order valence-electron chi connectivity index (χ4n) is 3.61. The number of fused-ring (bicyclic) bond motifs is 3. The second-order valence-electron chi connectivity index (χ2n) is 6.22. The lowest BCUT2D eigenvalue weighted by Crippen LogP contribution is -2.36. The zero-order valence-corrected chi connectivity index (χ0v) is 14.3. The molecule has 0 N–H and O–H groups in total. The number of hydrogen-bond acceptors (Lipinski definition) is 3. The molecule has 1 aromatic carbocycles. The van der Waals surface area contributed by atoms with E-state index in [1.807, 2.05) is 25.3 Å². The summed E-state index contributed by atoms with van der Waals surface area (Å²) in [5, 5.41) is 1.21. The van der Waals surface area contributed by atoms with Crippen molar-refractivity contribution in [3.63, 3.8) is 0 Å². The number of ether oxygens (including phenoxy) is 1. The molecule has 3 heterocycles. The first-order valence-corrected chi connectivity index (χ1v) is 8.68. The molecule has 128 valence electrons. The monoisotopic (exact) mass is 335 g/mol. The first kappa shape index (κ1) is 15.7. The van der Waals surface area contributed by atoms with Gasteiger partial charge in [0.2, 0.25) is 0 Å². The lowest BCUT2D eigenvalue weighted by Gasteiger charge is -2.27. The zero-order valence-electron chi connectivity index (χ0n) is 14.3. The number of pyridine rings is 1. The highest BCUT2D eigenvalue weighted by Gasteiger charge is 2.27. The summed E-state index contributed by atoms with van der Waals surface area (Å²) in [5.41, 5.74) is 4.76. The van der Waals surface area contributed by atoms with Crippen LogP contribution in [0.25, 0.3) is 10.9 Å². The smallest absolute Gasteiger partial charge is 0.410 e. The van der Waals surface area contributed by atoms with Gasteiger partial charge in [-0.1, -0.05) is 24.3 Å². The predicted molar refractivity (Wildman–Crippen MR) is 96.4 cm³/mol. The van der Waals surface area contributed by atoms with Gasteiger partial charge < -0.3 is 14.2 Å². The predicted octanol–water partition coefficient (Wildman–Crippen LogP) is 3.60. The van der Waals surface area contributed by atoms with E-state index in [1.54, 1.807) is 4.90 Å². The Morgan fingerprint density at radius 1 is 1.20 bits per heavy atom. The Balaban J connectivity index is 1.75. The molecular weight excluding hydrogens is 314 g/mol. The van der Waals surface area contributed by atoms with Gasteiger partial charge in [0.25, 0.3) is 0 Å². The van der Waals surface area contributed by atoms with E-state index in [1.165, 1.54) is 22.2 Å². The van der Waals surface area contributed by atoms with Crippen LogP contribution in [0.2, 0.25) is 0 Å². The van der Waals surface area contributed by atoms with Gasteiger partial charge in [-0.15, -0.1) is 0 Å². The minimum absolute atomic E-state index is 0.227. The molecule has 1 aliphatic rings. The van der Waals surface area contributed by atoms with Crippen molar-refractivity contribution in [3.8, 4) is 0 Å². The van der Waals surface area contributed by atoms with E-state index in [-0.39, 0.29) is 6.09 Å². The van der Waals surface area contributed by atoms with Crippen molar-refractivity contribution in [2.24, 2.45) is 0 Å². The van der Waals surface area contributed by atoms with Crippen molar-refractivity contribution in [2.45, 2.75) is 26.4 Å². The van der Waals surface area contributed by atoms with Crippen LogP contribution in [0, 0.1) is 0 Å². The van der Waals surface area contributed by atoms with E-state index < -0.39 is 0 Å². The van der Waals surface area contributed by atoms with E-state index in [4.69, 9.17) is 4.74 Å². The second kappa shape index (κ2) is 6.59.